The van der Waals surface area contributed by atoms with Crippen LogP contribution in [0.1, 0.15) is 22.3 Å². The minimum atomic E-state index is -3.47. The summed E-state index contributed by atoms with van der Waals surface area (Å²) in [5.74, 6) is -0.258. The molecule has 1 aromatic heterocycles. The Labute approximate surface area is 140 Å². The Kier molecular flexibility index (Phi) is 4.50. The highest BCUT2D eigenvalue weighted by Crippen LogP contribution is 2.22. The van der Waals surface area contributed by atoms with Gasteiger partial charge >= 0.3 is 10.2 Å². The number of aryl methyl sites for hydroxylation is 1. The quantitative estimate of drug-likeness (QED) is 0.885. The Hall–Kier alpha value is -2.45. The number of carbonyl (C=O) groups is 1. The van der Waals surface area contributed by atoms with Gasteiger partial charge in [-0.15, -0.1) is 0 Å². The maximum atomic E-state index is 12.2. The van der Waals surface area contributed by atoms with Gasteiger partial charge in [0.25, 0.3) is 5.91 Å². The van der Waals surface area contributed by atoms with Gasteiger partial charge in [0.1, 0.15) is 0 Å². The first-order valence-electron chi connectivity index (χ1n) is 7.56. The van der Waals surface area contributed by atoms with Crippen molar-refractivity contribution in [1.82, 2.24) is 9.71 Å². The third kappa shape index (κ3) is 3.55. The number of nitrogens with zero attached hydrogens (tertiary/aromatic N) is 2. The summed E-state index contributed by atoms with van der Waals surface area (Å²) in [4.78, 5) is 16.2. The smallest absolute Gasteiger partial charge is 0.301 e. The van der Waals surface area contributed by atoms with E-state index < -0.39 is 10.2 Å². The van der Waals surface area contributed by atoms with Crippen molar-refractivity contribution in [2.45, 2.75) is 13.3 Å². The van der Waals surface area contributed by atoms with Crippen LogP contribution in [0.3, 0.4) is 0 Å². The highest BCUT2D eigenvalue weighted by molar-refractivity contribution is 7.90. The monoisotopic (exact) mass is 346 g/mol. The van der Waals surface area contributed by atoms with E-state index in [2.05, 4.69) is 15.0 Å². The normalized spacial score (nSPS) is 16.6. The van der Waals surface area contributed by atoms with E-state index in [9.17, 15) is 13.2 Å². The molecule has 7 nitrogen and oxygen atoms in total. The van der Waals surface area contributed by atoms with Crippen molar-refractivity contribution < 1.29 is 13.2 Å². The first-order chi connectivity index (χ1) is 11.5. The lowest BCUT2D eigenvalue weighted by molar-refractivity contribution is 0.102. The fourth-order valence-corrected chi connectivity index (χ4v) is 3.81. The van der Waals surface area contributed by atoms with Gasteiger partial charge in [0, 0.05) is 31.2 Å². The molecule has 0 spiro atoms. The number of hydrogen-bond donors (Lipinski definition) is 2. The molecule has 0 unspecified atom stereocenters. The summed E-state index contributed by atoms with van der Waals surface area (Å²) < 4.78 is 27.8. The second kappa shape index (κ2) is 6.58. The van der Waals surface area contributed by atoms with Crippen molar-refractivity contribution in [3.05, 3.63) is 53.9 Å². The number of benzene rings is 1. The van der Waals surface area contributed by atoms with E-state index in [-0.39, 0.29) is 5.91 Å². The summed E-state index contributed by atoms with van der Waals surface area (Å²) in [7, 11) is -3.47. The van der Waals surface area contributed by atoms with Crippen LogP contribution in [0.25, 0.3) is 0 Å². The Bertz CT molecular complexity index is 850. The SMILES string of the molecule is Cc1cncc(C(=O)Nc2ccc(N3CCCNS3(=O)=O)cc2)c1. The van der Waals surface area contributed by atoms with Gasteiger partial charge in [-0.05, 0) is 49.2 Å². The van der Waals surface area contributed by atoms with Gasteiger partial charge in [-0.2, -0.15) is 13.1 Å². The second-order valence-electron chi connectivity index (χ2n) is 5.58. The van der Waals surface area contributed by atoms with Crippen LogP contribution in [-0.4, -0.2) is 32.4 Å². The molecule has 3 rings (SSSR count). The van der Waals surface area contributed by atoms with Gasteiger partial charge in [-0.3, -0.25) is 14.1 Å². The Morgan fingerprint density at radius 2 is 2.00 bits per heavy atom. The lowest BCUT2D eigenvalue weighted by Crippen LogP contribution is -2.47. The topological polar surface area (TPSA) is 91.4 Å². The third-order valence-electron chi connectivity index (χ3n) is 3.66. The van der Waals surface area contributed by atoms with E-state index in [1.54, 1.807) is 36.5 Å². The van der Waals surface area contributed by atoms with Crippen LogP contribution in [0.15, 0.2) is 42.7 Å². The Balaban J connectivity index is 1.74. The van der Waals surface area contributed by atoms with Crippen molar-refractivity contribution in [3.63, 3.8) is 0 Å². The van der Waals surface area contributed by atoms with E-state index in [0.717, 1.165) is 12.0 Å². The number of carbonyl (C=O) groups excluding carboxylic acids is 1. The molecule has 0 bridgehead atoms. The van der Waals surface area contributed by atoms with Gasteiger partial charge in [0.2, 0.25) is 0 Å². The standard InChI is InChI=1S/C16H18N4O3S/c1-12-9-13(11-17-10-12)16(21)19-14-3-5-15(6-4-14)20-8-2-7-18-24(20,22)23/h3-6,9-11,18H,2,7-8H2,1H3,(H,19,21). The molecule has 1 aliphatic rings. The summed E-state index contributed by atoms with van der Waals surface area (Å²) in [5, 5.41) is 2.77. The number of pyridine rings is 1. The molecular formula is C16H18N4O3S. The largest absolute Gasteiger partial charge is 0.322 e. The first kappa shape index (κ1) is 16.4. The number of nitrogens with one attached hydrogen (secondary N) is 2. The fourth-order valence-electron chi connectivity index (χ4n) is 2.48. The molecule has 1 aromatic carbocycles. The zero-order valence-electron chi connectivity index (χ0n) is 13.2. The summed E-state index contributed by atoms with van der Waals surface area (Å²) in [5.41, 5.74) is 2.53. The summed E-state index contributed by atoms with van der Waals surface area (Å²) in [6, 6.07) is 8.47. The molecule has 0 atom stereocenters. The predicted octanol–water partition coefficient (Wildman–Crippen LogP) is 1.69. The number of hydrogen-bond acceptors (Lipinski definition) is 4. The Morgan fingerprint density at radius 1 is 1.25 bits per heavy atom. The molecule has 1 fully saturated rings. The summed E-state index contributed by atoms with van der Waals surface area (Å²) in [6.45, 7) is 2.76. The van der Waals surface area contributed by atoms with Gasteiger partial charge < -0.3 is 5.32 Å². The van der Waals surface area contributed by atoms with Crippen molar-refractivity contribution >= 4 is 27.5 Å². The first-order valence-corrected chi connectivity index (χ1v) is 9.00. The van der Waals surface area contributed by atoms with Crippen LogP contribution in [0, 0.1) is 6.92 Å². The van der Waals surface area contributed by atoms with Crippen molar-refractivity contribution in [1.29, 1.82) is 0 Å². The average Bonchev–Trinajstić information content (AvgIpc) is 2.55. The minimum absolute atomic E-state index is 0.258. The van der Waals surface area contributed by atoms with Crippen LogP contribution >= 0.6 is 0 Å². The minimum Gasteiger partial charge on any atom is -0.322 e. The maximum Gasteiger partial charge on any atom is 0.301 e. The molecule has 126 valence electrons. The third-order valence-corrected chi connectivity index (χ3v) is 5.21. The molecule has 0 aliphatic carbocycles. The van der Waals surface area contributed by atoms with E-state index in [0.29, 0.717) is 30.0 Å². The fraction of sp³-hybridized carbons (Fsp3) is 0.250. The highest BCUT2D eigenvalue weighted by atomic mass is 32.2. The van der Waals surface area contributed by atoms with E-state index in [1.807, 2.05) is 6.92 Å². The van der Waals surface area contributed by atoms with Gasteiger partial charge in [-0.1, -0.05) is 0 Å². The van der Waals surface area contributed by atoms with Gasteiger partial charge in [0.05, 0.1) is 11.3 Å². The van der Waals surface area contributed by atoms with Gasteiger partial charge in [0.15, 0.2) is 0 Å². The molecular weight excluding hydrogens is 328 g/mol. The van der Waals surface area contributed by atoms with Crippen LogP contribution in [0.4, 0.5) is 11.4 Å². The Morgan fingerprint density at radius 3 is 2.67 bits per heavy atom. The predicted molar refractivity (Wildman–Crippen MR) is 92.3 cm³/mol. The summed E-state index contributed by atoms with van der Waals surface area (Å²) in [6.07, 6.45) is 3.93. The average molecular weight is 346 g/mol. The van der Waals surface area contributed by atoms with Crippen LogP contribution < -0.4 is 14.3 Å². The molecule has 1 aliphatic heterocycles. The number of amides is 1. The molecule has 24 heavy (non-hydrogen) atoms. The zero-order chi connectivity index (χ0) is 17.2. The number of rotatable bonds is 3. The lowest BCUT2D eigenvalue weighted by Gasteiger charge is -2.28. The van der Waals surface area contributed by atoms with E-state index >= 15 is 0 Å². The lowest BCUT2D eigenvalue weighted by atomic mass is 10.2. The molecule has 8 heteroatoms. The van der Waals surface area contributed by atoms with E-state index in [1.165, 1.54) is 10.5 Å². The highest BCUT2D eigenvalue weighted by Gasteiger charge is 2.25. The van der Waals surface area contributed by atoms with Crippen LogP contribution in [-0.2, 0) is 10.2 Å². The molecule has 2 aromatic rings. The van der Waals surface area contributed by atoms with Crippen molar-refractivity contribution in [2.75, 3.05) is 22.7 Å². The summed E-state index contributed by atoms with van der Waals surface area (Å²) >= 11 is 0. The second-order valence-corrected chi connectivity index (χ2v) is 7.26. The maximum absolute atomic E-state index is 12.2. The van der Waals surface area contributed by atoms with E-state index in [4.69, 9.17) is 0 Å². The molecule has 1 amide bonds. The molecule has 0 radical (unpaired) electrons. The molecule has 2 heterocycles. The van der Waals surface area contributed by atoms with Crippen molar-refractivity contribution in [3.8, 4) is 0 Å². The van der Waals surface area contributed by atoms with Crippen LogP contribution in [0.2, 0.25) is 0 Å². The zero-order valence-corrected chi connectivity index (χ0v) is 14.0. The van der Waals surface area contributed by atoms with Crippen molar-refractivity contribution in [2.24, 2.45) is 0 Å². The molecule has 1 saturated heterocycles. The molecule has 0 saturated carbocycles. The number of aromatic nitrogens is 1. The number of anilines is 2. The van der Waals surface area contributed by atoms with Gasteiger partial charge in [-0.25, -0.2) is 0 Å². The molecule has 2 N–H and O–H groups in total. The van der Waals surface area contributed by atoms with Crippen LogP contribution in [0.5, 0.6) is 0 Å².